The fourth-order valence-corrected chi connectivity index (χ4v) is 5.37. The van der Waals surface area contributed by atoms with Crippen LogP contribution >= 0.6 is 0 Å². The number of hydrogen-bond acceptors (Lipinski definition) is 10. The van der Waals surface area contributed by atoms with Crippen LogP contribution in [0.2, 0.25) is 0 Å². The fourth-order valence-electron chi connectivity index (χ4n) is 3.98. The molecule has 2 aliphatic rings. The first-order valence-electron chi connectivity index (χ1n) is 12.2. The second kappa shape index (κ2) is 11.3. The summed E-state index contributed by atoms with van der Waals surface area (Å²) in [7, 11) is -3.52. The number of rotatable bonds is 0. The Morgan fingerprint density at radius 3 is 2.47 bits per heavy atom. The van der Waals surface area contributed by atoms with Gasteiger partial charge < -0.3 is 24.5 Å². The first kappa shape index (κ1) is 25.8. The third-order valence-electron chi connectivity index (χ3n) is 6.22. The molecular formula is C27H28N4O6S. The summed E-state index contributed by atoms with van der Waals surface area (Å²) in [5.74, 6) is 1.21. The number of nitrogens with zero attached hydrogens (tertiary/aromatic N) is 3. The highest BCUT2D eigenvalue weighted by molar-refractivity contribution is 7.92. The zero-order chi connectivity index (χ0) is 26.5. The highest BCUT2D eigenvalue weighted by atomic mass is 32.2. The van der Waals surface area contributed by atoms with Crippen LogP contribution < -0.4 is 10.5 Å². The van der Waals surface area contributed by atoms with Gasteiger partial charge in [-0.15, -0.1) is 0 Å². The molecule has 2 N–H and O–H groups in total. The maximum atomic E-state index is 13.0. The molecule has 0 radical (unpaired) electrons. The standard InChI is InChI=1S/C27H28N4O6S/c1-18-9-10-34-11-12-35-13-14-36-21-4-2-3-20(15-21)23-16-25(37-31-23)26-27(28)29-17-24(30-26)19-5-7-22(8-6-19)38(18,32)33/h2-8,15-18H,9-14H2,1H3,(H2,28,29). The second-order valence-electron chi connectivity index (χ2n) is 8.84. The number of benzene rings is 2. The van der Waals surface area contributed by atoms with Crippen LogP contribution in [-0.4, -0.2) is 61.8 Å². The average molecular weight is 537 g/mol. The molecule has 10 nitrogen and oxygen atoms in total. The summed E-state index contributed by atoms with van der Waals surface area (Å²) in [5.41, 5.74) is 9.05. The van der Waals surface area contributed by atoms with Crippen LogP contribution in [0.4, 0.5) is 5.82 Å². The number of sulfone groups is 1. The van der Waals surface area contributed by atoms with Crippen molar-refractivity contribution >= 4 is 15.7 Å². The van der Waals surface area contributed by atoms with Gasteiger partial charge in [-0.3, -0.25) is 0 Å². The Kier molecular flexibility index (Phi) is 7.68. The highest BCUT2D eigenvalue weighted by Crippen LogP contribution is 2.31. The van der Waals surface area contributed by atoms with Gasteiger partial charge in [0.2, 0.25) is 0 Å². The van der Waals surface area contributed by atoms with Crippen LogP contribution in [0.25, 0.3) is 34.0 Å². The molecule has 2 aromatic heterocycles. The molecule has 198 valence electrons. The number of hydrogen-bond donors (Lipinski definition) is 1. The van der Waals surface area contributed by atoms with Crippen molar-refractivity contribution in [1.29, 1.82) is 0 Å². The van der Waals surface area contributed by atoms with E-state index in [9.17, 15) is 8.42 Å². The summed E-state index contributed by atoms with van der Waals surface area (Å²) in [5, 5.41) is 3.58. The Labute approximate surface area is 220 Å². The van der Waals surface area contributed by atoms with Crippen molar-refractivity contribution < 1.29 is 27.2 Å². The zero-order valence-corrected chi connectivity index (χ0v) is 21.7. The molecule has 0 spiro atoms. The summed E-state index contributed by atoms with van der Waals surface area (Å²) in [6, 6.07) is 15.8. The Morgan fingerprint density at radius 2 is 1.66 bits per heavy atom. The van der Waals surface area contributed by atoms with Crippen molar-refractivity contribution in [3.05, 3.63) is 60.8 Å². The number of aromatic nitrogens is 3. The first-order chi connectivity index (χ1) is 18.4. The van der Waals surface area contributed by atoms with Crippen molar-refractivity contribution in [3.63, 3.8) is 0 Å². The molecule has 11 heteroatoms. The summed E-state index contributed by atoms with van der Waals surface area (Å²) in [6.45, 7) is 3.51. The molecule has 2 aromatic carbocycles. The summed E-state index contributed by atoms with van der Waals surface area (Å²) >= 11 is 0. The quantitative estimate of drug-likeness (QED) is 0.328. The third-order valence-corrected chi connectivity index (χ3v) is 8.44. The normalized spacial score (nSPS) is 18.3. The molecule has 6 rings (SSSR count). The van der Waals surface area contributed by atoms with Gasteiger partial charge in [0, 0.05) is 23.8 Å². The molecule has 1 atom stereocenters. The molecule has 1 unspecified atom stereocenters. The second-order valence-corrected chi connectivity index (χ2v) is 11.2. The van der Waals surface area contributed by atoms with E-state index in [2.05, 4.69) is 15.1 Å². The number of nitrogen functional groups attached to an aromatic ring is 1. The molecule has 2 aliphatic heterocycles. The van der Waals surface area contributed by atoms with Gasteiger partial charge in [-0.05, 0) is 37.6 Å². The van der Waals surface area contributed by atoms with E-state index in [1.807, 2.05) is 24.3 Å². The number of anilines is 1. The number of ether oxygens (including phenoxy) is 3. The number of nitrogens with two attached hydrogens (primary N) is 1. The van der Waals surface area contributed by atoms with Gasteiger partial charge in [0.05, 0.1) is 41.9 Å². The monoisotopic (exact) mass is 536 g/mol. The van der Waals surface area contributed by atoms with Crippen LogP contribution in [-0.2, 0) is 19.3 Å². The SMILES string of the molecule is CC1CCOCCOCCOc2cccc(c2)-c2cc(on2)-c2nc(cnc2N)-c2ccc(cc2)S1(=O)=O. The molecule has 0 saturated heterocycles. The van der Waals surface area contributed by atoms with E-state index < -0.39 is 15.1 Å². The van der Waals surface area contributed by atoms with E-state index >= 15 is 0 Å². The van der Waals surface area contributed by atoms with Gasteiger partial charge in [0.25, 0.3) is 0 Å². The third kappa shape index (κ3) is 5.69. The van der Waals surface area contributed by atoms with Gasteiger partial charge >= 0.3 is 0 Å². The fraction of sp³-hybridized carbons (Fsp3) is 0.296. The van der Waals surface area contributed by atoms with Gasteiger partial charge in [-0.1, -0.05) is 29.4 Å². The lowest BCUT2D eigenvalue weighted by atomic mass is 10.1. The van der Waals surface area contributed by atoms with Crippen molar-refractivity contribution in [2.24, 2.45) is 0 Å². The summed E-state index contributed by atoms with van der Waals surface area (Å²) < 4.78 is 48.6. The molecule has 4 aromatic rings. The molecule has 8 bridgehead atoms. The van der Waals surface area contributed by atoms with Gasteiger partial charge in [0.1, 0.15) is 18.1 Å². The van der Waals surface area contributed by atoms with Crippen LogP contribution in [0.1, 0.15) is 13.3 Å². The van der Waals surface area contributed by atoms with Crippen LogP contribution in [0.3, 0.4) is 0 Å². The van der Waals surface area contributed by atoms with Gasteiger partial charge in [-0.25, -0.2) is 18.4 Å². The Bertz CT molecular complexity index is 1500. The highest BCUT2D eigenvalue weighted by Gasteiger charge is 2.23. The van der Waals surface area contributed by atoms with Crippen molar-refractivity contribution in [2.75, 3.05) is 38.8 Å². The Balaban J connectivity index is 1.48. The van der Waals surface area contributed by atoms with E-state index in [1.54, 1.807) is 37.3 Å². The summed E-state index contributed by atoms with van der Waals surface area (Å²) in [4.78, 5) is 9.14. The van der Waals surface area contributed by atoms with E-state index in [-0.39, 0.29) is 10.7 Å². The zero-order valence-electron chi connectivity index (χ0n) is 20.9. The largest absolute Gasteiger partial charge is 0.491 e. The van der Waals surface area contributed by atoms with Crippen molar-refractivity contribution in [1.82, 2.24) is 15.1 Å². The minimum absolute atomic E-state index is 0.185. The van der Waals surface area contributed by atoms with Gasteiger partial charge in [-0.2, -0.15) is 0 Å². The predicted octanol–water partition coefficient (Wildman–Crippen LogP) is 4.03. The van der Waals surface area contributed by atoms with E-state index in [0.717, 1.165) is 5.56 Å². The summed E-state index contributed by atoms with van der Waals surface area (Å²) in [6.07, 6.45) is 1.91. The maximum Gasteiger partial charge on any atom is 0.189 e. The minimum atomic E-state index is -3.52. The number of fused-ring (bicyclic) bond motifs is 12. The maximum absolute atomic E-state index is 13.0. The van der Waals surface area contributed by atoms with E-state index in [0.29, 0.717) is 73.6 Å². The smallest absolute Gasteiger partial charge is 0.189 e. The molecule has 0 saturated carbocycles. The Morgan fingerprint density at radius 1 is 0.895 bits per heavy atom. The van der Waals surface area contributed by atoms with Crippen LogP contribution in [0.15, 0.2) is 70.2 Å². The van der Waals surface area contributed by atoms with Crippen molar-refractivity contribution in [2.45, 2.75) is 23.5 Å². The molecular weight excluding hydrogens is 508 g/mol. The lowest BCUT2D eigenvalue weighted by Gasteiger charge is -2.14. The minimum Gasteiger partial charge on any atom is -0.491 e. The van der Waals surface area contributed by atoms with Crippen LogP contribution in [0.5, 0.6) is 5.75 Å². The average Bonchev–Trinajstić information content (AvgIpc) is 3.42. The molecule has 0 aliphatic carbocycles. The van der Waals surface area contributed by atoms with E-state index in [1.165, 1.54) is 6.20 Å². The molecule has 0 fully saturated rings. The molecule has 4 heterocycles. The van der Waals surface area contributed by atoms with Gasteiger partial charge in [0.15, 0.2) is 27.1 Å². The first-order valence-corrected chi connectivity index (χ1v) is 13.8. The molecule has 38 heavy (non-hydrogen) atoms. The molecule has 0 amide bonds. The van der Waals surface area contributed by atoms with Crippen molar-refractivity contribution in [3.8, 4) is 39.7 Å². The lowest BCUT2D eigenvalue weighted by Crippen LogP contribution is -2.20. The van der Waals surface area contributed by atoms with E-state index in [4.69, 9.17) is 24.5 Å². The Hall–Kier alpha value is -3.80. The van der Waals surface area contributed by atoms with Crippen LogP contribution in [0, 0.1) is 0 Å². The topological polar surface area (TPSA) is 140 Å². The lowest BCUT2D eigenvalue weighted by molar-refractivity contribution is 0.0357. The predicted molar refractivity (Wildman–Crippen MR) is 141 cm³/mol.